The summed E-state index contributed by atoms with van der Waals surface area (Å²) in [5.74, 6) is 0.973. The number of ether oxygens (including phenoxy) is 1. The van der Waals surface area contributed by atoms with Gasteiger partial charge in [0.05, 0.1) is 4.92 Å². The third kappa shape index (κ3) is 5.06. The standard InChI is InChI=1S/C19H24N2O3/c1-15-5-4-6-16(2)19(15)24-14-13-20(3)12-11-17-7-9-18(10-8-17)21(22)23/h4-10H,11-14H2,1-3H3. The second kappa shape index (κ2) is 8.45. The van der Waals surface area contributed by atoms with Gasteiger partial charge in [0.2, 0.25) is 0 Å². The third-order valence-electron chi connectivity index (χ3n) is 4.06. The highest BCUT2D eigenvalue weighted by Crippen LogP contribution is 2.22. The van der Waals surface area contributed by atoms with Crippen molar-refractivity contribution in [3.63, 3.8) is 0 Å². The van der Waals surface area contributed by atoms with E-state index in [0.29, 0.717) is 6.61 Å². The summed E-state index contributed by atoms with van der Waals surface area (Å²) < 4.78 is 5.92. The Morgan fingerprint density at radius 2 is 1.67 bits per heavy atom. The van der Waals surface area contributed by atoms with E-state index in [1.807, 2.05) is 18.2 Å². The number of nitro benzene ring substituents is 1. The van der Waals surface area contributed by atoms with Crippen molar-refractivity contribution in [2.75, 3.05) is 26.7 Å². The molecular formula is C19H24N2O3. The summed E-state index contributed by atoms with van der Waals surface area (Å²) >= 11 is 0. The molecule has 0 unspecified atom stereocenters. The summed E-state index contributed by atoms with van der Waals surface area (Å²) in [6.45, 7) is 6.47. The predicted molar refractivity (Wildman–Crippen MR) is 95.7 cm³/mol. The van der Waals surface area contributed by atoms with Crippen LogP contribution in [0.1, 0.15) is 16.7 Å². The molecule has 5 nitrogen and oxygen atoms in total. The van der Waals surface area contributed by atoms with E-state index in [2.05, 4.69) is 37.9 Å². The fraction of sp³-hybridized carbons (Fsp3) is 0.368. The molecule has 5 heteroatoms. The van der Waals surface area contributed by atoms with E-state index in [1.54, 1.807) is 12.1 Å². The van der Waals surface area contributed by atoms with E-state index in [1.165, 1.54) is 0 Å². The third-order valence-corrected chi connectivity index (χ3v) is 4.06. The predicted octanol–water partition coefficient (Wildman–Crippen LogP) is 3.76. The summed E-state index contributed by atoms with van der Waals surface area (Å²) in [7, 11) is 2.06. The Bertz CT molecular complexity index is 663. The number of nitrogens with zero attached hydrogens (tertiary/aromatic N) is 2. The minimum atomic E-state index is -0.374. The first-order valence-electron chi connectivity index (χ1n) is 8.08. The van der Waals surface area contributed by atoms with Crippen LogP contribution in [0.15, 0.2) is 42.5 Å². The Hall–Kier alpha value is -2.40. The van der Waals surface area contributed by atoms with Crippen molar-refractivity contribution in [1.29, 1.82) is 0 Å². The van der Waals surface area contributed by atoms with Crippen LogP contribution in [0.5, 0.6) is 5.75 Å². The molecule has 0 radical (unpaired) electrons. The molecule has 24 heavy (non-hydrogen) atoms. The molecule has 0 atom stereocenters. The summed E-state index contributed by atoms with van der Waals surface area (Å²) in [5.41, 5.74) is 3.55. The quantitative estimate of drug-likeness (QED) is 0.547. The number of rotatable bonds is 8. The zero-order valence-electron chi connectivity index (χ0n) is 14.5. The molecule has 0 aliphatic heterocycles. The SMILES string of the molecule is Cc1cccc(C)c1OCCN(C)CCc1ccc([N+](=O)[O-])cc1. The number of likely N-dealkylation sites (N-methyl/N-ethyl adjacent to an activating group) is 1. The molecule has 2 rings (SSSR count). The largest absolute Gasteiger partial charge is 0.492 e. The summed E-state index contributed by atoms with van der Waals surface area (Å²) in [6, 6.07) is 12.9. The zero-order chi connectivity index (χ0) is 17.5. The number of aryl methyl sites for hydroxylation is 2. The normalized spacial score (nSPS) is 10.8. The Balaban J connectivity index is 1.75. The molecule has 0 N–H and O–H groups in total. The molecule has 2 aromatic carbocycles. The van der Waals surface area contributed by atoms with Gasteiger partial charge in [0.15, 0.2) is 0 Å². The number of para-hydroxylation sites is 1. The van der Waals surface area contributed by atoms with Crippen molar-refractivity contribution in [3.05, 3.63) is 69.3 Å². The van der Waals surface area contributed by atoms with Gasteiger partial charge in [-0.3, -0.25) is 10.1 Å². The highest BCUT2D eigenvalue weighted by atomic mass is 16.6. The van der Waals surface area contributed by atoms with Gasteiger partial charge in [0.25, 0.3) is 5.69 Å². The first-order chi connectivity index (χ1) is 11.5. The summed E-state index contributed by atoms with van der Waals surface area (Å²) in [5, 5.41) is 10.6. The molecule has 0 saturated carbocycles. The van der Waals surface area contributed by atoms with E-state index in [-0.39, 0.29) is 10.6 Å². The molecule has 2 aromatic rings. The van der Waals surface area contributed by atoms with Gasteiger partial charge in [-0.05, 0) is 44.0 Å². The fourth-order valence-corrected chi connectivity index (χ4v) is 2.55. The van der Waals surface area contributed by atoms with Crippen molar-refractivity contribution in [1.82, 2.24) is 4.90 Å². The van der Waals surface area contributed by atoms with Crippen LogP contribution in [0.2, 0.25) is 0 Å². The molecule has 0 bridgehead atoms. The van der Waals surface area contributed by atoms with E-state index in [9.17, 15) is 10.1 Å². The lowest BCUT2D eigenvalue weighted by molar-refractivity contribution is -0.384. The molecule has 0 amide bonds. The van der Waals surface area contributed by atoms with Gasteiger partial charge in [0.1, 0.15) is 12.4 Å². The van der Waals surface area contributed by atoms with Crippen LogP contribution in [0, 0.1) is 24.0 Å². The van der Waals surface area contributed by atoms with Crippen LogP contribution < -0.4 is 4.74 Å². The van der Waals surface area contributed by atoms with Crippen LogP contribution in [-0.2, 0) is 6.42 Å². The first-order valence-corrected chi connectivity index (χ1v) is 8.08. The molecule has 0 saturated heterocycles. The summed E-state index contributed by atoms with van der Waals surface area (Å²) in [4.78, 5) is 12.5. The van der Waals surface area contributed by atoms with Crippen molar-refractivity contribution >= 4 is 5.69 Å². The molecule has 0 aliphatic carbocycles. The lowest BCUT2D eigenvalue weighted by atomic mass is 10.1. The van der Waals surface area contributed by atoms with Crippen molar-refractivity contribution in [3.8, 4) is 5.75 Å². The number of non-ortho nitro benzene ring substituents is 1. The molecule has 0 heterocycles. The zero-order valence-corrected chi connectivity index (χ0v) is 14.5. The van der Waals surface area contributed by atoms with Gasteiger partial charge in [-0.1, -0.05) is 30.3 Å². The topological polar surface area (TPSA) is 55.6 Å². The molecule has 0 aliphatic rings. The van der Waals surface area contributed by atoms with Gasteiger partial charge >= 0.3 is 0 Å². The van der Waals surface area contributed by atoms with Crippen LogP contribution in [0.4, 0.5) is 5.69 Å². The van der Waals surface area contributed by atoms with E-state index < -0.39 is 0 Å². The van der Waals surface area contributed by atoms with Crippen LogP contribution in [-0.4, -0.2) is 36.6 Å². The highest BCUT2D eigenvalue weighted by Gasteiger charge is 2.06. The highest BCUT2D eigenvalue weighted by molar-refractivity contribution is 5.39. The maximum absolute atomic E-state index is 10.6. The van der Waals surface area contributed by atoms with E-state index >= 15 is 0 Å². The molecular weight excluding hydrogens is 304 g/mol. The van der Waals surface area contributed by atoms with Crippen LogP contribution in [0.3, 0.4) is 0 Å². The smallest absolute Gasteiger partial charge is 0.269 e. The van der Waals surface area contributed by atoms with Gasteiger partial charge < -0.3 is 9.64 Å². The lowest BCUT2D eigenvalue weighted by Crippen LogP contribution is -2.26. The van der Waals surface area contributed by atoms with Crippen molar-refractivity contribution in [2.24, 2.45) is 0 Å². The van der Waals surface area contributed by atoms with Gasteiger partial charge in [-0.25, -0.2) is 0 Å². The molecule has 0 aromatic heterocycles. The average Bonchev–Trinajstić information content (AvgIpc) is 2.56. The maximum atomic E-state index is 10.6. The minimum absolute atomic E-state index is 0.133. The van der Waals surface area contributed by atoms with Crippen molar-refractivity contribution in [2.45, 2.75) is 20.3 Å². The maximum Gasteiger partial charge on any atom is 0.269 e. The molecule has 0 fully saturated rings. The fourth-order valence-electron chi connectivity index (χ4n) is 2.55. The number of hydrogen-bond acceptors (Lipinski definition) is 4. The monoisotopic (exact) mass is 328 g/mol. The van der Waals surface area contributed by atoms with Gasteiger partial charge in [-0.2, -0.15) is 0 Å². The molecule has 128 valence electrons. The Kier molecular flexibility index (Phi) is 6.32. The van der Waals surface area contributed by atoms with E-state index in [4.69, 9.17) is 4.74 Å². The van der Waals surface area contributed by atoms with Crippen molar-refractivity contribution < 1.29 is 9.66 Å². The lowest BCUT2D eigenvalue weighted by Gasteiger charge is -2.18. The van der Waals surface area contributed by atoms with Gasteiger partial charge in [0, 0.05) is 25.2 Å². The average molecular weight is 328 g/mol. The Morgan fingerprint density at radius 1 is 1.04 bits per heavy atom. The first kappa shape index (κ1) is 17.9. The van der Waals surface area contributed by atoms with Crippen LogP contribution in [0.25, 0.3) is 0 Å². The molecule has 0 spiro atoms. The number of nitro groups is 1. The number of hydrogen-bond donors (Lipinski definition) is 0. The second-order valence-corrected chi connectivity index (χ2v) is 6.05. The van der Waals surface area contributed by atoms with Crippen LogP contribution >= 0.6 is 0 Å². The Morgan fingerprint density at radius 3 is 2.25 bits per heavy atom. The number of benzene rings is 2. The second-order valence-electron chi connectivity index (χ2n) is 6.05. The van der Waals surface area contributed by atoms with Gasteiger partial charge in [-0.15, -0.1) is 0 Å². The summed E-state index contributed by atoms with van der Waals surface area (Å²) in [6.07, 6.45) is 0.859. The van der Waals surface area contributed by atoms with E-state index in [0.717, 1.165) is 42.0 Å². The Labute approximate surface area is 143 Å². The minimum Gasteiger partial charge on any atom is -0.492 e.